The lowest BCUT2D eigenvalue weighted by molar-refractivity contribution is -0.254. The van der Waals surface area contributed by atoms with Crippen LogP contribution in [0, 0.1) is 0 Å². The van der Waals surface area contributed by atoms with E-state index < -0.39 is 18.5 Å². The predicted molar refractivity (Wildman–Crippen MR) is 94.2 cm³/mol. The van der Waals surface area contributed by atoms with Gasteiger partial charge in [-0.3, -0.25) is 10.2 Å². The summed E-state index contributed by atoms with van der Waals surface area (Å²) in [5, 5.41) is 14.2. The number of rotatable bonds is 6. The van der Waals surface area contributed by atoms with Crippen molar-refractivity contribution < 1.29 is 19.4 Å². The van der Waals surface area contributed by atoms with Crippen LogP contribution in [-0.2, 0) is 14.3 Å². The maximum Gasteiger partial charge on any atom is 0.184 e. The summed E-state index contributed by atoms with van der Waals surface area (Å²) >= 11 is 0. The first-order chi connectivity index (χ1) is 12.3. The molecule has 2 aromatic carbocycles. The molecule has 1 fully saturated rings. The molecule has 2 unspecified atom stereocenters. The Hall–Kier alpha value is -2.54. The van der Waals surface area contributed by atoms with Crippen LogP contribution in [0.4, 0.5) is 5.69 Å². The summed E-state index contributed by atoms with van der Waals surface area (Å²) in [7, 11) is 0. The van der Waals surface area contributed by atoms with Crippen LogP contribution < -0.4 is 5.43 Å². The Labute approximate surface area is 146 Å². The molecular formula is C19H20N2O4. The molecule has 1 saturated heterocycles. The Morgan fingerprint density at radius 1 is 1.16 bits per heavy atom. The highest BCUT2D eigenvalue weighted by Gasteiger charge is 2.32. The van der Waals surface area contributed by atoms with Gasteiger partial charge >= 0.3 is 0 Å². The topological polar surface area (TPSA) is 80.2 Å². The van der Waals surface area contributed by atoms with Crippen molar-refractivity contribution in [3.05, 3.63) is 66.2 Å². The highest BCUT2D eigenvalue weighted by Crippen LogP contribution is 2.27. The molecule has 0 saturated carbocycles. The van der Waals surface area contributed by atoms with Gasteiger partial charge in [0.15, 0.2) is 12.6 Å². The highest BCUT2D eigenvalue weighted by molar-refractivity contribution is 6.28. The molecule has 0 amide bonds. The van der Waals surface area contributed by atoms with E-state index in [0.29, 0.717) is 6.29 Å². The number of aliphatic hydroxyl groups is 1. The lowest BCUT2D eigenvalue weighted by Gasteiger charge is -2.34. The van der Waals surface area contributed by atoms with E-state index in [1.165, 1.54) is 0 Å². The van der Waals surface area contributed by atoms with Crippen molar-refractivity contribution >= 4 is 17.7 Å². The number of nitrogens with zero attached hydrogens (tertiary/aromatic N) is 1. The Balaban J connectivity index is 1.65. The van der Waals surface area contributed by atoms with Crippen LogP contribution in [0.15, 0.2) is 65.8 Å². The third-order valence-electron chi connectivity index (χ3n) is 3.87. The van der Waals surface area contributed by atoms with E-state index in [-0.39, 0.29) is 18.7 Å². The first kappa shape index (κ1) is 17.3. The Morgan fingerprint density at radius 3 is 2.52 bits per heavy atom. The monoisotopic (exact) mass is 340 g/mol. The van der Waals surface area contributed by atoms with Crippen molar-refractivity contribution in [2.24, 2.45) is 5.10 Å². The van der Waals surface area contributed by atoms with Gasteiger partial charge in [0.1, 0.15) is 11.8 Å². The van der Waals surface area contributed by atoms with Gasteiger partial charge in [-0.2, -0.15) is 5.10 Å². The molecule has 0 aliphatic carbocycles. The van der Waals surface area contributed by atoms with Crippen LogP contribution in [0.2, 0.25) is 0 Å². The summed E-state index contributed by atoms with van der Waals surface area (Å²) in [4.78, 5) is 11.3. The van der Waals surface area contributed by atoms with Crippen molar-refractivity contribution in [3.8, 4) is 0 Å². The van der Waals surface area contributed by atoms with Gasteiger partial charge in [0.05, 0.1) is 18.4 Å². The number of nitrogens with one attached hydrogen (secondary N) is 1. The summed E-state index contributed by atoms with van der Waals surface area (Å²) in [6, 6.07) is 18.8. The van der Waals surface area contributed by atoms with E-state index in [4.69, 9.17) is 9.47 Å². The molecule has 0 radical (unpaired) electrons. The number of aliphatic hydroxyl groups excluding tert-OH is 1. The molecule has 3 atom stereocenters. The second-order valence-electron chi connectivity index (χ2n) is 5.72. The first-order valence-corrected chi connectivity index (χ1v) is 8.09. The van der Waals surface area contributed by atoms with Gasteiger partial charge < -0.3 is 14.6 Å². The van der Waals surface area contributed by atoms with E-state index in [0.717, 1.165) is 11.3 Å². The number of ether oxygens (including phenoxy) is 2. The minimum atomic E-state index is -0.818. The van der Waals surface area contributed by atoms with Gasteiger partial charge in [-0.15, -0.1) is 0 Å². The summed E-state index contributed by atoms with van der Waals surface area (Å²) < 4.78 is 11.4. The molecule has 25 heavy (non-hydrogen) atoms. The maximum absolute atomic E-state index is 11.3. The summed E-state index contributed by atoms with van der Waals surface area (Å²) in [5.74, 6) is 0. The van der Waals surface area contributed by atoms with E-state index in [1.807, 2.05) is 60.7 Å². The number of hydrazone groups is 1. The van der Waals surface area contributed by atoms with Gasteiger partial charge in [0, 0.05) is 12.0 Å². The van der Waals surface area contributed by atoms with Crippen molar-refractivity contribution in [1.82, 2.24) is 0 Å². The summed E-state index contributed by atoms with van der Waals surface area (Å²) in [5.41, 5.74) is 4.74. The minimum absolute atomic E-state index is 0.141. The largest absolute Gasteiger partial charge is 0.388 e. The maximum atomic E-state index is 11.3. The Bertz CT molecular complexity index is 706. The first-order valence-electron chi connectivity index (χ1n) is 8.09. The molecule has 1 aliphatic heterocycles. The van der Waals surface area contributed by atoms with Crippen molar-refractivity contribution in [1.29, 1.82) is 0 Å². The van der Waals surface area contributed by atoms with Gasteiger partial charge in [0.25, 0.3) is 0 Å². The van der Waals surface area contributed by atoms with Crippen LogP contribution in [0.25, 0.3) is 0 Å². The molecule has 1 heterocycles. The zero-order valence-electron chi connectivity index (χ0n) is 13.6. The number of carbonyl (C=O) groups is 1. The molecule has 1 aliphatic rings. The number of aldehydes is 1. The standard InChI is InChI=1S/C19H20N2O4/c22-12-16(21-20-15-9-5-2-6-10-15)11-18-17(23)13-24-19(25-18)14-7-3-1-4-8-14/h1-10,12,17-20,23H,11,13H2/b21-16-/t17?,18-,19?/m0/s1. The van der Waals surface area contributed by atoms with E-state index in [1.54, 1.807) is 0 Å². The molecule has 0 aromatic heterocycles. The molecule has 3 rings (SSSR count). The molecule has 2 aromatic rings. The molecule has 0 bridgehead atoms. The van der Waals surface area contributed by atoms with Gasteiger partial charge in [-0.1, -0.05) is 48.5 Å². The molecule has 6 heteroatoms. The summed E-state index contributed by atoms with van der Waals surface area (Å²) in [6.45, 7) is 0.141. The fraction of sp³-hybridized carbons (Fsp3) is 0.263. The third-order valence-corrected chi connectivity index (χ3v) is 3.87. The zero-order valence-corrected chi connectivity index (χ0v) is 13.6. The zero-order chi connectivity index (χ0) is 17.5. The lowest BCUT2D eigenvalue weighted by Crippen LogP contribution is -2.41. The van der Waals surface area contributed by atoms with E-state index in [2.05, 4.69) is 10.5 Å². The van der Waals surface area contributed by atoms with Crippen LogP contribution in [0.1, 0.15) is 18.3 Å². The van der Waals surface area contributed by atoms with E-state index >= 15 is 0 Å². The average molecular weight is 340 g/mol. The second-order valence-corrected chi connectivity index (χ2v) is 5.72. The Morgan fingerprint density at radius 2 is 1.84 bits per heavy atom. The molecule has 130 valence electrons. The fourth-order valence-electron chi connectivity index (χ4n) is 2.53. The number of benzene rings is 2. The average Bonchev–Trinajstić information content (AvgIpc) is 2.68. The van der Waals surface area contributed by atoms with Gasteiger partial charge in [0.2, 0.25) is 0 Å². The number of carbonyl (C=O) groups excluding carboxylic acids is 1. The van der Waals surface area contributed by atoms with Crippen molar-refractivity contribution in [3.63, 3.8) is 0 Å². The minimum Gasteiger partial charge on any atom is -0.388 e. The predicted octanol–water partition coefficient (Wildman–Crippen LogP) is 2.52. The normalized spacial score (nSPS) is 23.9. The number of para-hydroxylation sites is 1. The van der Waals surface area contributed by atoms with Crippen LogP contribution in [0.5, 0.6) is 0 Å². The van der Waals surface area contributed by atoms with Crippen LogP contribution in [-0.4, -0.2) is 35.9 Å². The van der Waals surface area contributed by atoms with E-state index in [9.17, 15) is 9.90 Å². The Kier molecular flexibility index (Phi) is 5.90. The third kappa shape index (κ3) is 4.73. The van der Waals surface area contributed by atoms with Crippen molar-refractivity contribution in [2.75, 3.05) is 12.0 Å². The second kappa shape index (κ2) is 8.53. The summed E-state index contributed by atoms with van der Waals surface area (Å²) in [6.07, 6.45) is -1.09. The van der Waals surface area contributed by atoms with Crippen LogP contribution in [0.3, 0.4) is 0 Å². The molecule has 0 spiro atoms. The van der Waals surface area contributed by atoms with Gasteiger partial charge in [-0.05, 0) is 12.1 Å². The lowest BCUT2D eigenvalue weighted by atomic mass is 10.1. The molecular weight excluding hydrogens is 320 g/mol. The molecule has 2 N–H and O–H groups in total. The number of hydrogen-bond donors (Lipinski definition) is 2. The highest BCUT2D eigenvalue weighted by atomic mass is 16.7. The molecule has 6 nitrogen and oxygen atoms in total. The smallest absolute Gasteiger partial charge is 0.184 e. The number of anilines is 1. The fourth-order valence-corrected chi connectivity index (χ4v) is 2.53. The number of hydrogen-bond acceptors (Lipinski definition) is 6. The van der Waals surface area contributed by atoms with Crippen LogP contribution >= 0.6 is 0 Å². The van der Waals surface area contributed by atoms with Crippen molar-refractivity contribution in [2.45, 2.75) is 24.9 Å². The quantitative estimate of drug-likeness (QED) is 0.480. The van der Waals surface area contributed by atoms with Gasteiger partial charge in [-0.25, -0.2) is 0 Å². The SMILES string of the molecule is O=C/C(C[C@@H]1OC(c2ccccc2)OCC1O)=N\Nc1ccccc1.